The lowest BCUT2D eigenvalue weighted by Gasteiger charge is -2.22. The van der Waals surface area contributed by atoms with Gasteiger partial charge in [-0.25, -0.2) is 0 Å². The molecule has 0 bridgehead atoms. The van der Waals surface area contributed by atoms with Crippen LogP contribution >= 0.6 is 0 Å². The number of hydrogen-bond acceptors (Lipinski definition) is 3. The van der Waals surface area contributed by atoms with Gasteiger partial charge < -0.3 is 4.42 Å². The van der Waals surface area contributed by atoms with E-state index in [-0.39, 0.29) is 6.04 Å². The van der Waals surface area contributed by atoms with E-state index in [2.05, 4.69) is 35.7 Å². The van der Waals surface area contributed by atoms with E-state index in [1.807, 2.05) is 42.5 Å². The van der Waals surface area contributed by atoms with Crippen LogP contribution in [0.25, 0.3) is 0 Å². The molecule has 0 fully saturated rings. The Labute approximate surface area is 129 Å². The SMILES string of the molecule is N#CC(NC(c1ccccc1)c1ccccc1)c1ccoc1. The zero-order valence-corrected chi connectivity index (χ0v) is 12.0. The highest BCUT2D eigenvalue weighted by Crippen LogP contribution is 2.25. The molecule has 0 aliphatic heterocycles. The van der Waals surface area contributed by atoms with Gasteiger partial charge in [-0.2, -0.15) is 5.26 Å². The highest BCUT2D eigenvalue weighted by Gasteiger charge is 2.20. The molecule has 0 saturated heterocycles. The Balaban J connectivity index is 1.94. The van der Waals surface area contributed by atoms with Crippen molar-refractivity contribution in [3.63, 3.8) is 0 Å². The summed E-state index contributed by atoms with van der Waals surface area (Å²) in [6.07, 6.45) is 3.19. The minimum atomic E-state index is -0.427. The summed E-state index contributed by atoms with van der Waals surface area (Å²) in [7, 11) is 0. The summed E-state index contributed by atoms with van der Waals surface area (Å²) < 4.78 is 5.10. The van der Waals surface area contributed by atoms with Gasteiger partial charge in [0, 0.05) is 5.56 Å². The molecule has 108 valence electrons. The van der Waals surface area contributed by atoms with Crippen molar-refractivity contribution in [3.8, 4) is 6.07 Å². The largest absolute Gasteiger partial charge is 0.472 e. The zero-order valence-electron chi connectivity index (χ0n) is 12.0. The van der Waals surface area contributed by atoms with E-state index < -0.39 is 6.04 Å². The maximum atomic E-state index is 9.49. The van der Waals surface area contributed by atoms with Crippen molar-refractivity contribution >= 4 is 0 Å². The van der Waals surface area contributed by atoms with E-state index in [9.17, 15) is 5.26 Å². The number of rotatable bonds is 5. The highest BCUT2D eigenvalue weighted by molar-refractivity contribution is 5.33. The van der Waals surface area contributed by atoms with E-state index in [1.165, 1.54) is 0 Å². The molecule has 0 saturated carbocycles. The summed E-state index contributed by atoms with van der Waals surface area (Å²) in [6, 6.07) is 23.9. The van der Waals surface area contributed by atoms with Gasteiger partial charge in [0.2, 0.25) is 0 Å². The topological polar surface area (TPSA) is 49.0 Å². The Morgan fingerprint density at radius 2 is 1.41 bits per heavy atom. The van der Waals surface area contributed by atoms with Gasteiger partial charge in [-0.15, -0.1) is 0 Å². The van der Waals surface area contributed by atoms with Crippen molar-refractivity contribution in [2.75, 3.05) is 0 Å². The second-order valence-corrected chi connectivity index (χ2v) is 5.04. The third kappa shape index (κ3) is 3.08. The third-order valence-corrected chi connectivity index (χ3v) is 3.60. The monoisotopic (exact) mass is 288 g/mol. The number of furan rings is 1. The molecule has 1 unspecified atom stereocenters. The van der Waals surface area contributed by atoms with Gasteiger partial charge in [0.25, 0.3) is 0 Å². The highest BCUT2D eigenvalue weighted by atomic mass is 16.3. The summed E-state index contributed by atoms with van der Waals surface area (Å²) >= 11 is 0. The second kappa shape index (κ2) is 6.75. The van der Waals surface area contributed by atoms with Crippen LogP contribution in [0.3, 0.4) is 0 Å². The van der Waals surface area contributed by atoms with Crippen molar-refractivity contribution in [1.29, 1.82) is 5.26 Å². The molecule has 3 heteroatoms. The van der Waals surface area contributed by atoms with Gasteiger partial charge in [0.05, 0.1) is 24.6 Å². The Bertz CT molecular complexity index is 691. The fourth-order valence-electron chi connectivity index (χ4n) is 2.49. The van der Waals surface area contributed by atoms with Gasteiger partial charge in [0.1, 0.15) is 6.04 Å². The predicted molar refractivity (Wildman–Crippen MR) is 84.9 cm³/mol. The third-order valence-electron chi connectivity index (χ3n) is 3.60. The minimum absolute atomic E-state index is 0.0538. The van der Waals surface area contributed by atoms with Crippen LogP contribution in [0.4, 0.5) is 0 Å². The van der Waals surface area contributed by atoms with Gasteiger partial charge in [-0.05, 0) is 17.2 Å². The molecule has 0 amide bonds. The predicted octanol–water partition coefficient (Wildman–Crippen LogP) is 4.22. The van der Waals surface area contributed by atoms with Crippen molar-refractivity contribution in [1.82, 2.24) is 5.32 Å². The van der Waals surface area contributed by atoms with Crippen LogP contribution in [-0.2, 0) is 0 Å². The Kier molecular flexibility index (Phi) is 4.33. The van der Waals surface area contributed by atoms with Crippen molar-refractivity contribution in [3.05, 3.63) is 95.9 Å². The Hall–Kier alpha value is -2.83. The van der Waals surface area contributed by atoms with Crippen LogP contribution in [0, 0.1) is 11.3 Å². The quantitative estimate of drug-likeness (QED) is 0.764. The van der Waals surface area contributed by atoms with E-state index in [1.54, 1.807) is 12.5 Å². The summed E-state index contributed by atoms with van der Waals surface area (Å²) in [5.74, 6) is 0. The molecular formula is C19H16N2O. The van der Waals surface area contributed by atoms with Crippen molar-refractivity contribution < 1.29 is 4.42 Å². The summed E-state index contributed by atoms with van der Waals surface area (Å²) in [6.45, 7) is 0. The maximum Gasteiger partial charge on any atom is 0.125 e. The Morgan fingerprint density at radius 3 is 1.86 bits per heavy atom. The van der Waals surface area contributed by atoms with Crippen LogP contribution in [0.2, 0.25) is 0 Å². The first-order valence-electron chi connectivity index (χ1n) is 7.16. The molecule has 0 radical (unpaired) electrons. The van der Waals surface area contributed by atoms with E-state index in [0.29, 0.717) is 0 Å². The zero-order chi connectivity index (χ0) is 15.2. The molecular weight excluding hydrogens is 272 g/mol. The first-order valence-corrected chi connectivity index (χ1v) is 7.16. The molecule has 3 aromatic rings. The van der Waals surface area contributed by atoms with Crippen molar-refractivity contribution in [2.24, 2.45) is 0 Å². The van der Waals surface area contributed by atoms with Crippen LogP contribution in [0.5, 0.6) is 0 Å². The molecule has 1 heterocycles. The minimum Gasteiger partial charge on any atom is -0.472 e. The number of nitriles is 1. The molecule has 0 aliphatic rings. The lowest BCUT2D eigenvalue weighted by Crippen LogP contribution is -2.26. The number of nitrogens with one attached hydrogen (secondary N) is 1. The molecule has 1 atom stereocenters. The lowest BCUT2D eigenvalue weighted by molar-refractivity contribution is 0.535. The molecule has 0 aliphatic carbocycles. The lowest BCUT2D eigenvalue weighted by atomic mass is 9.97. The van der Waals surface area contributed by atoms with Crippen LogP contribution < -0.4 is 5.32 Å². The molecule has 22 heavy (non-hydrogen) atoms. The van der Waals surface area contributed by atoms with Gasteiger partial charge in [0.15, 0.2) is 0 Å². The van der Waals surface area contributed by atoms with Crippen LogP contribution in [0.1, 0.15) is 28.8 Å². The Morgan fingerprint density at radius 1 is 0.818 bits per heavy atom. The molecule has 1 N–H and O–H groups in total. The molecule has 3 nitrogen and oxygen atoms in total. The second-order valence-electron chi connectivity index (χ2n) is 5.04. The average Bonchev–Trinajstić information content (AvgIpc) is 3.12. The van der Waals surface area contributed by atoms with Crippen LogP contribution in [-0.4, -0.2) is 0 Å². The standard InChI is InChI=1S/C19H16N2O/c20-13-18(17-11-12-22-14-17)21-19(15-7-3-1-4-8-15)16-9-5-2-6-10-16/h1-12,14,18-19,21H. The van der Waals surface area contributed by atoms with E-state index >= 15 is 0 Å². The van der Waals surface area contributed by atoms with E-state index in [4.69, 9.17) is 4.42 Å². The smallest absolute Gasteiger partial charge is 0.125 e. The normalized spacial score (nSPS) is 12.0. The number of benzene rings is 2. The molecule has 3 rings (SSSR count). The van der Waals surface area contributed by atoms with Gasteiger partial charge >= 0.3 is 0 Å². The summed E-state index contributed by atoms with van der Waals surface area (Å²) in [5.41, 5.74) is 3.08. The summed E-state index contributed by atoms with van der Waals surface area (Å²) in [4.78, 5) is 0. The van der Waals surface area contributed by atoms with E-state index in [0.717, 1.165) is 16.7 Å². The fraction of sp³-hybridized carbons (Fsp3) is 0.105. The molecule has 1 aromatic heterocycles. The molecule has 0 spiro atoms. The molecule has 2 aromatic carbocycles. The van der Waals surface area contributed by atoms with Crippen LogP contribution in [0.15, 0.2) is 83.7 Å². The maximum absolute atomic E-state index is 9.49. The first-order chi connectivity index (χ1) is 10.9. The fourth-order valence-corrected chi connectivity index (χ4v) is 2.49. The van der Waals surface area contributed by atoms with Gasteiger partial charge in [-0.3, -0.25) is 5.32 Å². The number of hydrogen-bond donors (Lipinski definition) is 1. The first kappa shape index (κ1) is 14.1. The average molecular weight is 288 g/mol. The summed E-state index contributed by atoms with van der Waals surface area (Å²) in [5, 5.41) is 12.9. The van der Waals surface area contributed by atoms with Gasteiger partial charge in [-0.1, -0.05) is 60.7 Å². The van der Waals surface area contributed by atoms with Crippen molar-refractivity contribution in [2.45, 2.75) is 12.1 Å². The number of nitrogens with zero attached hydrogens (tertiary/aromatic N) is 1.